The van der Waals surface area contributed by atoms with Crippen molar-refractivity contribution in [1.29, 1.82) is 0 Å². The first-order valence-electron chi connectivity index (χ1n) is 4.97. The molecule has 0 aliphatic heterocycles. The van der Waals surface area contributed by atoms with E-state index in [4.69, 9.17) is 14.6 Å². The van der Waals surface area contributed by atoms with Crippen molar-refractivity contribution in [2.45, 2.75) is 20.4 Å². The molecule has 0 aliphatic rings. The molecule has 2 N–H and O–H groups in total. The zero-order valence-electron chi connectivity index (χ0n) is 9.63. The predicted octanol–water partition coefficient (Wildman–Crippen LogP) is 0.263. The number of carboxylic acids is 2. The topological polar surface area (TPSA) is 104 Å². The fourth-order valence-electron chi connectivity index (χ4n) is 1.35. The number of hydrogen-bond donors (Lipinski definition) is 2. The van der Waals surface area contributed by atoms with E-state index < -0.39 is 11.9 Å². The Kier molecular flexibility index (Phi) is 4.22. The largest absolute Gasteiger partial charge is 0.480 e. The maximum atomic E-state index is 10.6. The van der Waals surface area contributed by atoms with Crippen LogP contribution in [-0.4, -0.2) is 45.1 Å². The van der Waals surface area contributed by atoms with Crippen molar-refractivity contribution in [3.8, 4) is 0 Å². The fourth-order valence-corrected chi connectivity index (χ4v) is 1.35. The van der Waals surface area contributed by atoms with Gasteiger partial charge in [-0.3, -0.25) is 14.5 Å². The number of carbonyl (C=O) groups is 2. The highest BCUT2D eigenvalue weighted by Crippen LogP contribution is 2.10. The summed E-state index contributed by atoms with van der Waals surface area (Å²) in [4.78, 5) is 26.4. The summed E-state index contributed by atoms with van der Waals surface area (Å²) >= 11 is 0. The van der Waals surface area contributed by atoms with Gasteiger partial charge in [-0.05, 0) is 13.8 Å². The third-order valence-electron chi connectivity index (χ3n) is 2.15. The average molecular weight is 242 g/mol. The van der Waals surface area contributed by atoms with Crippen LogP contribution in [0.1, 0.15) is 17.3 Å². The van der Waals surface area contributed by atoms with Crippen LogP contribution in [0.5, 0.6) is 0 Å². The molecule has 0 saturated heterocycles. The smallest absolute Gasteiger partial charge is 0.317 e. The molecule has 1 aromatic heterocycles. The van der Waals surface area contributed by atoms with Crippen LogP contribution in [-0.2, 0) is 16.1 Å². The lowest BCUT2D eigenvalue weighted by molar-refractivity contribution is -0.142. The molecule has 0 saturated carbocycles. The van der Waals surface area contributed by atoms with Gasteiger partial charge in [0.2, 0.25) is 5.89 Å². The van der Waals surface area contributed by atoms with Crippen LogP contribution in [0.3, 0.4) is 0 Å². The highest BCUT2D eigenvalue weighted by molar-refractivity contribution is 5.72. The molecule has 0 bridgehead atoms. The van der Waals surface area contributed by atoms with Crippen molar-refractivity contribution in [3.63, 3.8) is 0 Å². The van der Waals surface area contributed by atoms with Crippen molar-refractivity contribution in [2.24, 2.45) is 0 Å². The van der Waals surface area contributed by atoms with Gasteiger partial charge in [-0.1, -0.05) is 0 Å². The van der Waals surface area contributed by atoms with Crippen molar-refractivity contribution in [3.05, 3.63) is 17.3 Å². The molecule has 17 heavy (non-hydrogen) atoms. The molecule has 1 rings (SSSR count). The first-order valence-corrected chi connectivity index (χ1v) is 4.97. The lowest BCUT2D eigenvalue weighted by Crippen LogP contribution is -2.34. The van der Waals surface area contributed by atoms with Gasteiger partial charge >= 0.3 is 11.9 Å². The molecule has 1 aromatic rings. The third-order valence-corrected chi connectivity index (χ3v) is 2.15. The predicted molar refractivity (Wildman–Crippen MR) is 56.5 cm³/mol. The standard InChI is InChI=1S/C10H14N2O5/c1-6-7(2)17-8(11-6)3-12(4-9(13)14)5-10(15)16/h3-5H2,1-2H3,(H,13,14)(H,15,16). The van der Waals surface area contributed by atoms with Crippen LogP contribution < -0.4 is 0 Å². The fraction of sp³-hybridized carbons (Fsp3) is 0.500. The summed E-state index contributed by atoms with van der Waals surface area (Å²) in [5, 5.41) is 17.3. The Hall–Kier alpha value is -1.89. The number of nitrogens with zero attached hydrogens (tertiary/aromatic N) is 2. The molecule has 0 fully saturated rings. The van der Waals surface area contributed by atoms with Gasteiger partial charge in [-0.2, -0.15) is 0 Å². The first-order chi connectivity index (χ1) is 7.88. The van der Waals surface area contributed by atoms with E-state index in [0.29, 0.717) is 17.3 Å². The molecule has 0 unspecified atom stereocenters. The minimum absolute atomic E-state index is 0.0628. The first kappa shape index (κ1) is 13.2. The van der Waals surface area contributed by atoms with E-state index in [-0.39, 0.29) is 19.6 Å². The van der Waals surface area contributed by atoms with Gasteiger partial charge in [0.25, 0.3) is 0 Å². The summed E-state index contributed by atoms with van der Waals surface area (Å²) in [6.45, 7) is 2.83. The number of aliphatic carboxylic acids is 2. The minimum Gasteiger partial charge on any atom is -0.480 e. The van der Waals surface area contributed by atoms with Crippen LogP contribution in [0.15, 0.2) is 4.42 Å². The maximum absolute atomic E-state index is 10.6. The third kappa shape index (κ3) is 4.23. The van der Waals surface area contributed by atoms with Crippen molar-refractivity contribution < 1.29 is 24.2 Å². The lowest BCUT2D eigenvalue weighted by Gasteiger charge is -2.15. The summed E-state index contributed by atoms with van der Waals surface area (Å²) < 4.78 is 5.27. The van der Waals surface area contributed by atoms with Gasteiger partial charge in [0.1, 0.15) is 5.76 Å². The van der Waals surface area contributed by atoms with Crippen LogP contribution >= 0.6 is 0 Å². The highest BCUT2D eigenvalue weighted by atomic mass is 16.4. The molecule has 0 spiro atoms. The zero-order chi connectivity index (χ0) is 13.0. The number of aromatic nitrogens is 1. The van der Waals surface area contributed by atoms with E-state index in [1.54, 1.807) is 13.8 Å². The SMILES string of the molecule is Cc1nc(CN(CC(=O)O)CC(=O)O)oc1C. The van der Waals surface area contributed by atoms with Crippen LogP contribution in [0.2, 0.25) is 0 Å². The van der Waals surface area contributed by atoms with Crippen LogP contribution in [0.25, 0.3) is 0 Å². The van der Waals surface area contributed by atoms with Crippen molar-refractivity contribution in [2.75, 3.05) is 13.1 Å². The van der Waals surface area contributed by atoms with Gasteiger partial charge in [0, 0.05) is 0 Å². The summed E-state index contributed by atoms with van der Waals surface area (Å²) in [7, 11) is 0. The molecular formula is C10H14N2O5. The summed E-state index contributed by atoms with van der Waals surface area (Å²) in [5.41, 5.74) is 0.714. The lowest BCUT2D eigenvalue weighted by atomic mass is 10.4. The molecule has 0 amide bonds. The van der Waals surface area contributed by atoms with Gasteiger partial charge in [0.05, 0.1) is 25.3 Å². The monoisotopic (exact) mass is 242 g/mol. The van der Waals surface area contributed by atoms with Crippen molar-refractivity contribution in [1.82, 2.24) is 9.88 Å². The molecule has 94 valence electrons. The Balaban J connectivity index is 2.70. The number of rotatable bonds is 6. The summed E-state index contributed by atoms with van der Waals surface area (Å²) in [5.74, 6) is -1.22. The highest BCUT2D eigenvalue weighted by Gasteiger charge is 2.17. The Morgan fingerprint density at radius 2 is 1.76 bits per heavy atom. The molecule has 0 aliphatic carbocycles. The normalized spacial score (nSPS) is 10.8. The van der Waals surface area contributed by atoms with Crippen molar-refractivity contribution >= 4 is 11.9 Å². The summed E-state index contributed by atoms with van der Waals surface area (Å²) in [6.07, 6.45) is 0. The minimum atomic E-state index is -1.09. The quantitative estimate of drug-likeness (QED) is 0.737. The van der Waals surface area contributed by atoms with Gasteiger partial charge in [-0.15, -0.1) is 0 Å². The molecule has 0 aromatic carbocycles. The Morgan fingerprint density at radius 1 is 1.24 bits per heavy atom. The van der Waals surface area contributed by atoms with Gasteiger partial charge in [0.15, 0.2) is 0 Å². The zero-order valence-corrected chi connectivity index (χ0v) is 9.63. The second-order valence-corrected chi connectivity index (χ2v) is 3.68. The van der Waals surface area contributed by atoms with Crippen LogP contribution in [0.4, 0.5) is 0 Å². The number of hydrogen-bond acceptors (Lipinski definition) is 5. The van der Waals surface area contributed by atoms with E-state index in [9.17, 15) is 9.59 Å². The Labute approximate surface area is 97.7 Å². The van der Waals surface area contributed by atoms with E-state index in [1.807, 2.05) is 0 Å². The Bertz CT molecular complexity index is 391. The molecule has 0 atom stereocenters. The van der Waals surface area contributed by atoms with E-state index >= 15 is 0 Å². The molecule has 7 nitrogen and oxygen atoms in total. The molecule has 1 heterocycles. The molecular weight excluding hydrogens is 228 g/mol. The Morgan fingerprint density at radius 3 is 2.12 bits per heavy atom. The average Bonchev–Trinajstić information content (AvgIpc) is 2.42. The van der Waals surface area contributed by atoms with Gasteiger partial charge < -0.3 is 14.6 Å². The molecule has 0 radical (unpaired) electrons. The molecule has 7 heteroatoms. The number of oxazole rings is 1. The van der Waals surface area contributed by atoms with E-state index in [1.165, 1.54) is 4.90 Å². The summed E-state index contributed by atoms with van der Waals surface area (Å²) in [6, 6.07) is 0. The second-order valence-electron chi connectivity index (χ2n) is 3.68. The van der Waals surface area contributed by atoms with Gasteiger partial charge in [-0.25, -0.2) is 4.98 Å². The number of carboxylic acid groups (broad SMARTS) is 2. The maximum Gasteiger partial charge on any atom is 0.317 e. The van der Waals surface area contributed by atoms with E-state index in [0.717, 1.165) is 0 Å². The van der Waals surface area contributed by atoms with E-state index in [2.05, 4.69) is 4.98 Å². The second kappa shape index (κ2) is 5.44. The number of aryl methyl sites for hydroxylation is 2. The van der Waals surface area contributed by atoms with Crippen LogP contribution in [0, 0.1) is 13.8 Å².